The molecular formula is C20H22BrF2N5O. The van der Waals surface area contributed by atoms with Crippen molar-refractivity contribution in [3.05, 3.63) is 46.3 Å². The number of aromatic nitrogens is 3. The lowest BCUT2D eigenvalue weighted by molar-refractivity contribution is 0.0779. The van der Waals surface area contributed by atoms with Crippen LogP contribution < -0.4 is 10.6 Å². The molecule has 29 heavy (non-hydrogen) atoms. The highest BCUT2D eigenvalue weighted by Gasteiger charge is 2.20. The van der Waals surface area contributed by atoms with Crippen molar-refractivity contribution < 1.29 is 13.6 Å². The van der Waals surface area contributed by atoms with Gasteiger partial charge in [0.2, 0.25) is 0 Å². The molecule has 0 radical (unpaired) electrons. The van der Waals surface area contributed by atoms with E-state index in [-0.39, 0.29) is 6.04 Å². The van der Waals surface area contributed by atoms with Gasteiger partial charge in [-0.25, -0.2) is 18.7 Å². The molecule has 1 unspecified atom stereocenters. The number of imidazole rings is 1. The normalized spacial score (nSPS) is 12.6. The van der Waals surface area contributed by atoms with Crippen molar-refractivity contribution in [2.45, 2.75) is 46.2 Å². The third kappa shape index (κ3) is 4.55. The van der Waals surface area contributed by atoms with Crippen LogP contribution in [0.4, 0.5) is 20.3 Å². The Morgan fingerprint density at radius 2 is 1.93 bits per heavy atom. The molecule has 0 aliphatic heterocycles. The lowest BCUT2D eigenvalue weighted by atomic mass is 10.1. The van der Waals surface area contributed by atoms with E-state index in [0.29, 0.717) is 27.2 Å². The van der Waals surface area contributed by atoms with Gasteiger partial charge < -0.3 is 15.2 Å². The van der Waals surface area contributed by atoms with Crippen LogP contribution in [0.5, 0.6) is 0 Å². The zero-order chi connectivity index (χ0) is 21.3. The number of fused-ring (bicyclic) bond motifs is 1. The van der Waals surface area contributed by atoms with Gasteiger partial charge in [0.15, 0.2) is 5.82 Å². The first-order valence-electron chi connectivity index (χ1n) is 9.17. The summed E-state index contributed by atoms with van der Waals surface area (Å²) in [5.41, 5.74) is 3.24. The second-order valence-corrected chi connectivity index (χ2v) is 7.97. The second-order valence-electron chi connectivity index (χ2n) is 7.16. The number of hydrogen-bond donors (Lipinski definition) is 2. The van der Waals surface area contributed by atoms with Gasteiger partial charge in [0.1, 0.15) is 10.1 Å². The number of halogens is 3. The van der Waals surface area contributed by atoms with Gasteiger partial charge in [0.25, 0.3) is 12.3 Å². The number of alkyl halides is 2. The fourth-order valence-electron chi connectivity index (χ4n) is 2.94. The summed E-state index contributed by atoms with van der Waals surface area (Å²) >= 11 is 3.40. The minimum absolute atomic E-state index is 0.179. The van der Waals surface area contributed by atoms with E-state index in [9.17, 15) is 13.6 Å². The number of aryl methyl sites for hydroxylation is 1. The van der Waals surface area contributed by atoms with Crippen LogP contribution in [0.3, 0.4) is 0 Å². The highest BCUT2D eigenvalue weighted by atomic mass is 79.9. The highest BCUT2D eigenvalue weighted by molar-refractivity contribution is 9.10. The monoisotopic (exact) mass is 465 g/mol. The molecule has 1 amide bonds. The molecule has 1 aromatic carbocycles. The third-order valence-corrected chi connectivity index (χ3v) is 4.97. The van der Waals surface area contributed by atoms with E-state index in [0.717, 1.165) is 11.0 Å². The number of carbonyl (C=O) groups is 1. The molecule has 3 aromatic rings. The van der Waals surface area contributed by atoms with Crippen LogP contribution in [0.25, 0.3) is 11.0 Å². The lowest BCUT2D eigenvalue weighted by Crippen LogP contribution is -2.37. The summed E-state index contributed by atoms with van der Waals surface area (Å²) in [6.07, 6.45) is -0.870. The Balaban J connectivity index is 1.97. The van der Waals surface area contributed by atoms with Crippen LogP contribution in [0, 0.1) is 6.92 Å². The van der Waals surface area contributed by atoms with Crippen LogP contribution in [-0.4, -0.2) is 32.9 Å². The van der Waals surface area contributed by atoms with E-state index in [1.54, 1.807) is 25.4 Å². The molecule has 9 heteroatoms. The molecule has 0 fully saturated rings. The largest absolute Gasteiger partial charge is 0.344 e. The SMILES string of the molecule is Cc1ccc(Nc2nc(Br)cc3ncn(C(C)C)c23)cc1C(=O)NC(C)C(F)F. The molecule has 0 aliphatic rings. The summed E-state index contributed by atoms with van der Waals surface area (Å²) in [6, 6.07) is 5.99. The fraction of sp³-hybridized carbons (Fsp3) is 0.350. The van der Waals surface area contributed by atoms with Gasteiger partial charge in [-0.05, 0) is 67.4 Å². The summed E-state index contributed by atoms with van der Waals surface area (Å²) in [5.74, 6) is 0.0373. The van der Waals surface area contributed by atoms with Crippen molar-refractivity contribution >= 4 is 44.4 Å². The van der Waals surface area contributed by atoms with Crippen molar-refractivity contribution in [2.24, 2.45) is 0 Å². The molecule has 2 heterocycles. The van der Waals surface area contributed by atoms with Gasteiger partial charge in [-0.15, -0.1) is 0 Å². The van der Waals surface area contributed by atoms with Gasteiger partial charge in [0.05, 0.1) is 17.9 Å². The molecule has 0 aliphatic carbocycles. The fourth-order valence-corrected chi connectivity index (χ4v) is 3.33. The number of anilines is 2. The Kier molecular flexibility index (Phi) is 6.16. The Hall–Kier alpha value is -2.55. The zero-order valence-corrected chi connectivity index (χ0v) is 18.1. The van der Waals surface area contributed by atoms with Crippen LogP contribution in [-0.2, 0) is 0 Å². The molecule has 0 spiro atoms. The maximum Gasteiger partial charge on any atom is 0.258 e. The van der Waals surface area contributed by atoms with E-state index in [2.05, 4.69) is 36.5 Å². The Labute approximate surface area is 175 Å². The van der Waals surface area contributed by atoms with E-state index in [1.165, 1.54) is 6.92 Å². The number of benzene rings is 1. The van der Waals surface area contributed by atoms with Crippen molar-refractivity contribution in [1.29, 1.82) is 0 Å². The Morgan fingerprint density at radius 1 is 1.21 bits per heavy atom. The molecule has 0 bridgehead atoms. The first-order chi connectivity index (χ1) is 13.7. The van der Waals surface area contributed by atoms with Gasteiger partial charge >= 0.3 is 0 Å². The van der Waals surface area contributed by atoms with E-state index in [1.807, 2.05) is 30.5 Å². The van der Waals surface area contributed by atoms with Gasteiger partial charge in [0, 0.05) is 17.3 Å². The maximum atomic E-state index is 12.8. The van der Waals surface area contributed by atoms with Gasteiger partial charge in [-0.2, -0.15) is 0 Å². The van der Waals surface area contributed by atoms with E-state index in [4.69, 9.17) is 0 Å². The summed E-state index contributed by atoms with van der Waals surface area (Å²) in [7, 11) is 0. The molecule has 0 saturated carbocycles. The first kappa shape index (κ1) is 21.2. The smallest absolute Gasteiger partial charge is 0.258 e. The topological polar surface area (TPSA) is 71.8 Å². The lowest BCUT2D eigenvalue weighted by Gasteiger charge is -2.16. The summed E-state index contributed by atoms with van der Waals surface area (Å²) < 4.78 is 28.2. The number of rotatable bonds is 6. The average Bonchev–Trinajstić information content (AvgIpc) is 3.07. The van der Waals surface area contributed by atoms with Crippen LogP contribution in [0.1, 0.15) is 42.7 Å². The Morgan fingerprint density at radius 3 is 2.59 bits per heavy atom. The van der Waals surface area contributed by atoms with Crippen molar-refractivity contribution in [3.8, 4) is 0 Å². The third-order valence-electron chi connectivity index (χ3n) is 4.56. The van der Waals surface area contributed by atoms with Crippen LogP contribution in [0.2, 0.25) is 0 Å². The number of nitrogens with one attached hydrogen (secondary N) is 2. The number of hydrogen-bond acceptors (Lipinski definition) is 4. The first-order valence-corrected chi connectivity index (χ1v) is 9.96. The maximum absolute atomic E-state index is 12.8. The van der Waals surface area contributed by atoms with Gasteiger partial charge in [-0.1, -0.05) is 6.07 Å². The number of amides is 1. The highest BCUT2D eigenvalue weighted by Crippen LogP contribution is 2.29. The average molecular weight is 466 g/mol. The van der Waals surface area contributed by atoms with Crippen molar-refractivity contribution in [2.75, 3.05) is 5.32 Å². The zero-order valence-electron chi connectivity index (χ0n) is 16.5. The quantitative estimate of drug-likeness (QED) is 0.490. The minimum Gasteiger partial charge on any atom is -0.344 e. The minimum atomic E-state index is -2.63. The number of pyridine rings is 1. The van der Waals surface area contributed by atoms with Gasteiger partial charge in [-0.3, -0.25) is 4.79 Å². The molecule has 1 atom stereocenters. The molecule has 2 aromatic heterocycles. The summed E-state index contributed by atoms with van der Waals surface area (Å²) in [4.78, 5) is 21.4. The Bertz CT molecular complexity index is 1050. The van der Waals surface area contributed by atoms with E-state index >= 15 is 0 Å². The van der Waals surface area contributed by atoms with Crippen LogP contribution in [0.15, 0.2) is 35.2 Å². The molecule has 6 nitrogen and oxygen atoms in total. The van der Waals surface area contributed by atoms with Crippen molar-refractivity contribution in [3.63, 3.8) is 0 Å². The number of nitrogens with zero attached hydrogens (tertiary/aromatic N) is 3. The predicted molar refractivity (Wildman–Crippen MR) is 113 cm³/mol. The molecule has 2 N–H and O–H groups in total. The van der Waals surface area contributed by atoms with E-state index < -0.39 is 18.4 Å². The molecule has 3 rings (SSSR count). The molecule has 0 saturated heterocycles. The summed E-state index contributed by atoms with van der Waals surface area (Å²) in [6.45, 7) is 7.13. The standard InChI is InChI=1S/C20H22BrF2N5O/c1-10(2)28-9-24-15-8-16(21)27-19(17(15)28)26-13-6-5-11(3)14(7-13)20(29)25-12(4)18(22)23/h5-10,12,18H,1-4H3,(H,25,29)(H,26,27). The van der Waals surface area contributed by atoms with Crippen LogP contribution >= 0.6 is 15.9 Å². The molecule has 154 valence electrons. The predicted octanol–water partition coefficient (Wildman–Crippen LogP) is 5.21. The second kappa shape index (κ2) is 8.44. The van der Waals surface area contributed by atoms with Crippen molar-refractivity contribution in [1.82, 2.24) is 19.9 Å². The number of carbonyl (C=O) groups excluding carboxylic acids is 1. The molecular weight excluding hydrogens is 444 g/mol. The summed E-state index contributed by atoms with van der Waals surface area (Å²) in [5, 5.41) is 5.57.